The molecule has 0 bridgehead atoms. The molecule has 8 heteroatoms. The van der Waals surface area contributed by atoms with Crippen molar-refractivity contribution in [3.8, 4) is 5.75 Å². The minimum atomic E-state index is -3.95. The van der Waals surface area contributed by atoms with Gasteiger partial charge in [-0.1, -0.05) is 30.3 Å². The van der Waals surface area contributed by atoms with E-state index in [2.05, 4.69) is 5.32 Å². The van der Waals surface area contributed by atoms with Gasteiger partial charge in [0.2, 0.25) is 0 Å². The largest absolute Gasteiger partial charge is 0.482 e. The molecule has 1 aliphatic heterocycles. The van der Waals surface area contributed by atoms with Crippen LogP contribution in [-0.4, -0.2) is 26.8 Å². The second-order valence-electron chi connectivity index (χ2n) is 5.24. The van der Waals surface area contributed by atoms with E-state index >= 15 is 0 Å². The van der Waals surface area contributed by atoms with E-state index in [1.807, 2.05) is 10.8 Å². The van der Waals surface area contributed by atoms with Crippen LogP contribution in [0.3, 0.4) is 0 Å². The number of nitrogens with one attached hydrogen (secondary N) is 2. The average molecular weight is 358 g/mol. The summed E-state index contributed by atoms with van der Waals surface area (Å²) in [6.07, 6.45) is 1.39. The van der Waals surface area contributed by atoms with E-state index in [-0.39, 0.29) is 18.1 Å². The summed E-state index contributed by atoms with van der Waals surface area (Å²) < 4.78 is 31.2. The topological polar surface area (TPSA) is 102 Å². The van der Waals surface area contributed by atoms with Crippen LogP contribution in [0, 0.1) is 0 Å². The second kappa shape index (κ2) is 6.78. The molecule has 25 heavy (non-hydrogen) atoms. The lowest BCUT2D eigenvalue weighted by Gasteiger charge is -2.18. The number of carbonyl (C=O) groups is 2. The Morgan fingerprint density at radius 2 is 1.92 bits per heavy atom. The highest BCUT2D eigenvalue weighted by molar-refractivity contribution is 7.93. The van der Waals surface area contributed by atoms with Gasteiger partial charge in [0.1, 0.15) is 5.75 Å². The van der Waals surface area contributed by atoms with Crippen molar-refractivity contribution < 1.29 is 22.7 Å². The van der Waals surface area contributed by atoms with Crippen molar-refractivity contribution in [1.29, 1.82) is 0 Å². The van der Waals surface area contributed by atoms with Crippen LogP contribution in [0.1, 0.15) is 15.9 Å². The molecular formula is C17H14N2O5S. The minimum absolute atomic E-state index is 0.103. The second-order valence-corrected chi connectivity index (χ2v) is 6.80. The van der Waals surface area contributed by atoms with Gasteiger partial charge < -0.3 is 10.1 Å². The molecule has 7 nitrogen and oxygen atoms in total. The molecule has 2 aromatic rings. The number of rotatable bonds is 4. The van der Waals surface area contributed by atoms with Gasteiger partial charge >= 0.3 is 0 Å². The van der Waals surface area contributed by atoms with Gasteiger partial charge in [0, 0.05) is 5.56 Å². The molecule has 2 amide bonds. The van der Waals surface area contributed by atoms with E-state index in [4.69, 9.17) is 4.74 Å². The summed E-state index contributed by atoms with van der Waals surface area (Å²) >= 11 is 0. The number of fused-ring (bicyclic) bond motifs is 1. The zero-order valence-corrected chi connectivity index (χ0v) is 13.7. The van der Waals surface area contributed by atoms with Crippen LogP contribution in [0.2, 0.25) is 0 Å². The summed E-state index contributed by atoms with van der Waals surface area (Å²) in [6, 6.07) is 13.1. The maximum atomic E-state index is 12.2. The molecule has 128 valence electrons. The number of anilines is 1. The van der Waals surface area contributed by atoms with Crippen LogP contribution < -0.4 is 14.8 Å². The third-order valence-electron chi connectivity index (χ3n) is 3.35. The first-order valence-electron chi connectivity index (χ1n) is 7.30. The molecule has 1 heterocycles. The molecule has 0 fully saturated rings. The molecule has 0 atom stereocenters. The van der Waals surface area contributed by atoms with Gasteiger partial charge in [0.15, 0.2) is 6.61 Å². The SMILES string of the molecule is O=C1COc2cc(C(=O)NS(=O)(=O)C=Cc3ccccc3)ccc2N1. The normalized spacial score (nSPS) is 13.7. The Kier molecular flexibility index (Phi) is 4.53. The zero-order chi connectivity index (χ0) is 17.9. The molecule has 0 radical (unpaired) electrons. The van der Waals surface area contributed by atoms with Gasteiger partial charge in [-0.15, -0.1) is 0 Å². The van der Waals surface area contributed by atoms with Gasteiger partial charge in [-0.2, -0.15) is 0 Å². The van der Waals surface area contributed by atoms with Crippen molar-refractivity contribution in [2.24, 2.45) is 0 Å². The summed E-state index contributed by atoms with van der Waals surface area (Å²) in [6.45, 7) is -0.157. The molecule has 0 saturated heterocycles. The lowest BCUT2D eigenvalue weighted by Crippen LogP contribution is -2.29. The third kappa shape index (κ3) is 4.24. The predicted molar refractivity (Wildman–Crippen MR) is 92.4 cm³/mol. The first kappa shape index (κ1) is 16.7. The van der Waals surface area contributed by atoms with Crippen LogP contribution >= 0.6 is 0 Å². The Morgan fingerprint density at radius 1 is 1.16 bits per heavy atom. The number of benzene rings is 2. The maximum Gasteiger partial charge on any atom is 0.265 e. The van der Waals surface area contributed by atoms with Crippen molar-refractivity contribution in [3.63, 3.8) is 0 Å². The van der Waals surface area contributed by atoms with Gasteiger partial charge in [0.25, 0.3) is 21.8 Å². The molecule has 0 saturated carbocycles. The molecule has 3 rings (SSSR count). The van der Waals surface area contributed by atoms with E-state index in [9.17, 15) is 18.0 Å². The summed E-state index contributed by atoms with van der Waals surface area (Å²) in [5.41, 5.74) is 1.23. The highest BCUT2D eigenvalue weighted by atomic mass is 32.2. The van der Waals surface area contributed by atoms with E-state index in [1.165, 1.54) is 24.3 Å². The lowest BCUT2D eigenvalue weighted by molar-refractivity contribution is -0.118. The summed E-state index contributed by atoms with van der Waals surface area (Å²) in [7, 11) is -3.95. The summed E-state index contributed by atoms with van der Waals surface area (Å²) in [4.78, 5) is 23.4. The molecule has 1 aliphatic rings. The number of hydrogen-bond acceptors (Lipinski definition) is 5. The summed E-state index contributed by atoms with van der Waals surface area (Å²) in [5.74, 6) is -0.774. The number of ether oxygens (including phenoxy) is 1. The van der Waals surface area contributed by atoms with Crippen LogP contribution in [-0.2, 0) is 14.8 Å². The fourth-order valence-electron chi connectivity index (χ4n) is 2.17. The number of hydrogen-bond donors (Lipinski definition) is 2. The number of amides is 2. The van der Waals surface area contributed by atoms with Crippen LogP contribution in [0.5, 0.6) is 5.75 Å². The Labute approximate surface area is 144 Å². The zero-order valence-electron chi connectivity index (χ0n) is 12.9. The van der Waals surface area contributed by atoms with Gasteiger partial charge in [0.05, 0.1) is 11.1 Å². The highest BCUT2D eigenvalue weighted by Crippen LogP contribution is 2.28. The molecule has 0 unspecified atom stereocenters. The van der Waals surface area contributed by atoms with Crippen LogP contribution in [0.4, 0.5) is 5.69 Å². The fourth-order valence-corrected chi connectivity index (χ4v) is 2.95. The predicted octanol–water partition coefficient (Wildman–Crippen LogP) is 1.75. The number of sulfonamides is 1. The van der Waals surface area contributed by atoms with E-state index in [0.29, 0.717) is 17.0 Å². The van der Waals surface area contributed by atoms with Crippen molar-refractivity contribution in [2.75, 3.05) is 11.9 Å². The van der Waals surface area contributed by atoms with Gasteiger partial charge in [-0.05, 0) is 29.8 Å². The molecule has 2 aromatic carbocycles. The van der Waals surface area contributed by atoms with Crippen LogP contribution in [0.15, 0.2) is 53.9 Å². The average Bonchev–Trinajstić information content (AvgIpc) is 2.60. The Balaban J connectivity index is 1.73. The molecule has 2 N–H and O–H groups in total. The summed E-state index contributed by atoms with van der Waals surface area (Å²) in [5, 5.41) is 3.51. The Hall–Kier alpha value is -3.13. The Morgan fingerprint density at radius 3 is 2.68 bits per heavy atom. The standard InChI is InChI=1S/C17H14N2O5S/c20-16-11-24-15-10-13(6-7-14(15)18-16)17(21)19-25(22,23)9-8-12-4-2-1-3-5-12/h1-10H,11H2,(H,18,20)(H,19,21). The van der Waals surface area contributed by atoms with Crippen molar-refractivity contribution in [1.82, 2.24) is 4.72 Å². The smallest absolute Gasteiger partial charge is 0.265 e. The molecular weight excluding hydrogens is 344 g/mol. The molecule has 0 aliphatic carbocycles. The highest BCUT2D eigenvalue weighted by Gasteiger charge is 2.19. The quantitative estimate of drug-likeness (QED) is 0.867. The monoisotopic (exact) mass is 358 g/mol. The van der Waals surface area contributed by atoms with Gasteiger partial charge in [-0.25, -0.2) is 13.1 Å². The van der Waals surface area contributed by atoms with E-state index in [0.717, 1.165) is 5.41 Å². The van der Waals surface area contributed by atoms with Crippen molar-refractivity contribution >= 4 is 33.6 Å². The minimum Gasteiger partial charge on any atom is -0.482 e. The van der Waals surface area contributed by atoms with Crippen molar-refractivity contribution in [2.45, 2.75) is 0 Å². The number of carbonyl (C=O) groups excluding carboxylic acids is 2. The lowest BCUT2D eigenvalue weighted by atomic mass is 10.1. The molecule has 0 aromatic heterocycles. The van der Waals surface area contributed by atoms with Crippen LogP contribution in [0.25, 0.3) is 6.08 Å². The Bertz CT molecular complexity index is 952. The van der Waals surface area contributed by atoms with E-state index in [1.54, 1.807) is 24.3 Å². The van der Waals surface area contributed by atoms with E-state index < -0.39 is 15.9 Å². The van der Waals surface area contributed by atoms with Crippen molar-refractivity contribution in [3.05, 3.63) is 65.1 Å². The first-order chi connectivity index (χ1) is 11.9. The third-order valence-corrected chi connectivity index (χ3v) is 4.32. The fraction of sp³-hybridized carbons (Fsp3) is 0.0588. The maximum absolute atomic E-state index is 12.2. The first-order valence-corrected chi connectivity index (χ1v) is 8.84. The molecule has 0 spiro atoms. The van der Waals surface area contributed by atoms with Gasteiger partial charge in [-0.3, -0.25) is 9.59 Å².